The molecule has 1 aromatic carbocycles. The lowest BCUT2D eigenvalue weighted by molar-refractivity contribution is 0.462. The van der Waals surface area contributed by atoms with Crippen LogP contribution in [0, 0.1) is 0 Å². The highest BCUT2D eigenvalue weighted by molar-refractivity contribution is 6.30. The third kappa shape index (κ3) is 2.61. The van der Waals surface area contributed by atoms with Gasteiger partial charge in [0.25, 0.3) is 0 Å². The molecule has 16 heavy (non-hydrogen) atoms. The van der Waals surface area contributed by atoms with Gasteiger partial charge in [-0.05, 0) is 24.3 Å². The second kappa shape index (κ2) is 4.81. The molecule has 0 aliphatic heterocycles. The molecule has 0 spiro atoms. The van der Waals surface area contributed by atoms with Crippen molar-refractivity contribution in [2.24, 2.45) is 0 Å². The van der Waals surface area contributed by atoms with E-state index in [1.165, 1.54) is 6.33 Å². The molecule has 0 aliphatic rings. The molecule has 1 heterocycles. The third-order valence-electron chi connectivity index (χ3n) is 1.93. The number of nitrogens with zero attached hydrogens (tertiary/aromatic N) is 2. The average molecular weight is 236 g/mol. The van der Waals surface area contributed by atoms with Gasteiger partial charge < -0.3 is 10.1 Å². The summed E-state index contributed by atoms with van der Waals surface area (Å²) in [5.74, 6) is 1.88. The van der Waals surface area contributed by atoms with Crippen molar-refractivity contribution in [3.8, 4) is 11.6 Å². The summed E-state index contributed by atoms with van der Waals surface area (Å²) < 4.78 is 5.53. The maximum Gasteiger partial charge on any atom is 0.224 e. The molecule has 0 fully saturated rings. The van der Waals surface area contributed by atoms with Crippen LogP contribution >= 0.6 is 11.6 Å². The topological polar surface area (TPSA) is 47.0 Å². The van der Waals surface area contributed by atoms with Crippen LogP contribution in [0.4, 0.5) is 5.82 Å². The Balaban J connectivity index is 2.16. The summed E-state index contributed by atoms with van der Waals surface area (Å²) in [6, 6.07) is 8.80. The Hall–Kier alpha value is -1.81. The van der Waals surface area contributed by atoms with E-state index in [4.69, 9.17) is 16.3 Å². The molecule has 1 N–H and O–H groups in total. The highest BCUT2D eigenvalue weighted by Gasteiger charge is 2.00. The van der Waals surface area contributed by atoms with Gasteiger partial charge >= 0.3 is 0 Å². The van der Waals surface area contributed by atoms with Gasteiger partial charge in [0.2, 0.25) is 5.88 Å². The number of rotatable bonds is 3. The number of nitrogens with one attached hydrogen (secondary N) is 1. The summed E-state index contributed by atoms with van der Waals surface area (Å²) in [5, 5.41) is 3.58. The molecular weight excluding hydrogens is 226 g/mol. The monoisotopic (exact) mass is 235 g/mol. The second-order valence-electron chi connectivity index (χ2n) is 3.05. The molecular formula is C11H10ClN3O. The molecule has 0 saturated carbocycles. The van der Waals surface area contributed by atoms with E-state index in [-0.39, 0.29) is 0 Å². The van der Waals surface area contributed by atoms with E-state index < -0.39 is 0 Å². The molecule has 2 rings (SSSR count). The van der Waals surface area contributed by atoms with Crippen molar-refractivity contribution in [2.45, 2.75) is 0 Å². The van der Waals surface area contributed by atoms with E-state index in [2.05, 4.69) is 15.3 Å². The fourth-order valence-electron chi connectivity index (χ4n) is 1.16. The van der Waals surface area contributed by atoms with Crippen molar-refractivity contribution in [2.75, 3.05) is 12.4 Å². The first-order chi connectivity index (χ1) is 7.78. The molecule has 2 aromatic rings. The van der Waals surface area contributed by atoms with Crippen molar-refractivity contribution in [3.05, 3.63) is 41.7 Å². The Labute approximate surface area is 98.3 Å². The van der Waals surface area contributed by atoms with Crippen LogP contribution in [0.2, 0.25) is 5.02 Å². The van der Waals surface area contributed by atoms with E-state index >= 15 is 0 Å². The van der Waals surface area contributed by atoms with Gasteiger partial charge in [0, 0.05) is 18.1 Å². The van der Waals surface area contributed by atoms with E-state index in [0.29, 0.717) is 22.5 Å². The Bertz CT molecular complexity index is 473. The predicted molar refractivity (Wildman–Crippen MR) is 63.1 cm³/mol. The van der Waals surface area contributed by atoms with Crippen LogP contribution in [-0.2, 0) is 0 Å². The van der Waals surface area contributed by atoms with Gasteiger partial charge in [-0.2, -0.15) is 0 Å². The molecule has 0 atom stereocenters. The number of halogens is 1. The fourth-order valence-corrected chi connectivity index (χ4v) is 1.28. The predicted octanol–water partition coefficient (Wildman–Crippen LogP) is 2.96. The molecule has 0 aliphatic carbocycles. The number of anilines is 1. The Morgan fingerprint density at radius 2 is 1.94 bits per heavy atom. The quantitative estimate of drug-likeness (QED) is 0.889. The standard InChI is InChI=1S/C11H10ClN3O/c1-13-10-6-11(15-7-14-10)16-9-4-2-8(12)3-5-9/h2-7H,1H3,(H,13,14,15). The third-order valence-corrected chi connectivity index (χ3v) is 2.19. The van der Waals surface area contributed by atoms with Gasteiger partial charge in [-0.3, -0.25) is 0 Å². The second-order valence-corrected chi connectivity index (χ2v) is 3.48. The number of benzene rings is 1. The Kier molecular flexibility index (Phi) is 3.22. The normalized spacial score (nSPS) is 9.88. The summed E-state index contributed by atoms with van der Waals surface area (Å²) in [5.41, 5.74) is 0. The Morgan fingerprint density at radius 3 is 2.62 bits per heavy atom. The van der Waals surface area contributed by atoms with Crippen molar-refractivity contribution < 1.29 is 4.74 Å². The highest BCUT2D eigenvalue weighted by Crippen LogP contribution is 2.22. The maximum absolute atomic E-state index is 5.77. The number of aromatic nitrogens is 2. The van der Waals surface area contributed by atoms with Gasteiger partial charge in [-0.1, -0.05) is 11.6 Å². The van der Waals surface area contributed by atoms with Gasteiger partial charge in [0.1, 0.15) is 17.9 Å². The maximum atomic E-state index is 5.77. The average Bonchev–Trinajstić information content (AvgIpc) is 2.32. The summed E-state index contributed by atoms with van der Waals surface area (Å²) >= 11 is 5.77. The van der Waals surface area contributed by atoms with Crippen LogP contribution in [0.1, 0.15) is 0 Å². The van der Waals surface area contributed by atoms with Crippen LogP contribution in [0.25, 0.3) is 0 Å². The molecule has 5 heteroatoms. The van der Waals surface area contributed by atoms with E-state index in [0.717, 1.165) is 0 Å². The van der Waals surface area contributed by atoms with Crippen LogP contribution in [0.5, 0.6) is 11.6 Å². The van der Waals surface area contributed by atoms with E-state index in [1.807, 2.05) is 0 Å². The molecule has 0 unspecified atom stereocenters. The van der Waals surface area contributed by atoms with Crippen molar-refractivity contribution in [1.82, 2.24) is 9.97 Å². The first-order valence-corrected chi connectivity index (χ1v) is 5.09. The molecule has 82 valence electrons. The number of hydrogen-bond acceptors (Lipinski definition) is 4. The van der Waals surface area contributed by atoms with Gasteiger partial charge in [-0.15, -0.1) is 0 Å². The minimum absolute atomic E-state index is 0.488. The van der Waals surface area contributed by atoms with E-state index in [9.17, 15) is 0 Å². The summed E-state index contributed by atoms with van der Waals surface area (Å²) in [7, 11) is 1.79. The summed E-state index contributed by atoms with van der Waals surface area (Å²) in [4.78, 5) is 7.99. The molecule has 1 aromatic heterocycles. The fraction of sp³-hybridized carbons (Fsp3) is 0.0909. The lowest BCUT2D eigenvalue weighted by Crippen LogP contribution is -1.94. The van der Waals surface area contributed by atoms with Gasteiger partial charge in [0.15, 0.2) is 0 Å². The van der Waals surface area contributed by atoms with Crippen LogP contribution in [0.3, 0.4) is 0 Å². The zero-order valence-corrected chi connectivity index (χ0v) is 9.40. The minimum atomic E-state index is 0.488. The van der Waals surface area contributed by atoms with Gasteiger partial charge in [-0.25, -0.2) is 9.97 Å². The number of hydrogen-bond donors (Lipinski definition) is 1. The molecule has 0 radical (unpaired) electrons. The van der Waals surface area contributed by atoms with Crippen LogP contribution in [-0.4, -0.2) is 17.0 Å². The SMILES string of the molecule is CNc1cc(Oc2ccc(Cl)cc2)ncn1. The smallest absolute Gasteiger partial charge is 0.224 e. The van der Waals surface area contributed by atoms with Gasteiger partial charge in [0.05, 0.1) is 0 Å². The lowest BCUT2D eigenvalue weighted by Gasteiger charge is -2.05. The van der Waals surface area contributed by atoms with Crippen molar-refractivity contribution in [1.29, 1.82) is 0 Å². The first kappa shape index (κ1) is 10.7. The Morgan fingerprint density at radius 1 is 1.19 bits per heavy atom. The summed E-state index contributed by atoms with van der Waals surface area (Å²) in [6.07, 6.45) is 1.44. The lowest BCUT2D eigenvalue weighted by atomic mass is 10.3. The van der Waals surface area contributed by atoms with Crippen LogP contribution in [0.15, 0.2) is 36.7 Å². The zero-order chi connectivity index (χ0) is 11.4. The first-order valence-electron chi connectivity index (χ1n) is 4.71. The van der Waals surface area contributed by atoms with Crippen molar-refractivity contribution >= 4 is 17.4 Å². The molecule has 0 amide bonds. The highest BCUT2D eigenvalue weighted by atomic mass is 35.5. The number of ether oxygens (including phenoxy) is 1. The minimum Gasteiger partial charge on any atom is -0.439 e. The summed E-state index contributed by atoms with van der Waals surface area (Å²) in [6.45, 7) is 0. The largest absolute Gasteiger partial charge is 0.439 e. The molecule has 0 saturated heterocycles. The molecule has 4 nitrogen and oxygen atoms in total. The van der Waals surface area contributed by atoms with Crippen molar-refractivity contribution in [3.63, 3.8) is 0 Å². The van der Waals surface area contributed by atoms with E-state index in [1.54, 1.807) is 37.4 Å². The molecule has 0 bridgehead atoms. The van der Waals surface area contributed by atoms with Crippen LogP contribution < -0.4 is 10.1 Å². The zero-order valence-electron chi connectivity index (χ0n) is 8.64.